The summed E-state index contributed by atoms with van der Waals surface area (Å²) in [6, 6.07) is 14.8. The number of furan rings is 1. The third kappa shape index (κ3) is 4.98. The zero-order chi connectivity index (χ0) is 21.8. The van der Waals surface area contributed by atoms with Gasteiger partial charge in [-0.25, -0.2) is 9.97 Å². The minimum atomic E-state index is -0.516. The number of rotatable bonds is 7. The van der Waals surface area contributed by atoms with Gasteiger partial charge in [-0.2, -0.15) is 0 Å². The Bertz CT molecular complexity index is 1260. The molecule has 4 aromatic rings. The fourth-order valence-corrected chi connectivity index (χ4v) is 3.97. The van der Waals surface area contributed by atoms with E-state index in [1.807, 2.05) is 36.4 Å². The lowest BCUT2D eigenvalue weighted by Gasteiger charge is -2.17. The largest absolute Gasteiger partial charge is 0.455 e. The van der Waals surface area contributed by atoms with Crippen LogP contribution in [0.5, 0.6) is 0 Å². The monoisotopic (exact) mass is 455 g/mol. The molecule has 4 rings (SSSR count). The van der Waals surface area contributed by atoms with E-state index < -0.39 is 5.97 Å². The highest BCUT2D eigenvalue weighted by atomic mass is 35.5. The molecule has 158 valence electrons. The predicted molar refractivity (Wildman–Crippen MR) is 119 cm³/mol. The molecule has 0 spiro atoms. The molecule has 2 aromatic carbocycles. The van der Waals surface area contributed by atoms with Crippen LogP contribution in [0.15, 0.2) is 64.3 Å². The third-order valence-electron chi connectivity index (χ3n) is 4.54. The number of carbonyl (C=O) groups is 2. The van der Waals surface area contributed by atoms with E-state index in [2.05, 4.69) is 9.97 Å². The van der Waals surface area contributed by atoms with Gasteiger partial charge in [-0.05, 0) is 29.8 Å². The zero-order valence-electron chi connectivity index (χ0n) is 16.6. The van der Waals surface area contributed by atoms with Gasteiger partial charge in [-0.15, -0.1) is 0 Å². The first-order chi connectivity index (χ1) is 15.0. The van der Waals surface area contributed by atoms with Crippen LogP contribution in [0, 0.1) is 0 Å². The molecule has 0 unspecified atom stereocenters. The van der Waals surface area contributed by atoms with Crippen LogP contribution in [0.1, 0.15) is 5.56 Å². The van der Waals surface area contributed by atoms with E-state index in [-0.39, 0.29) is 18.3 Å². The SMILES string of the molecule is CN(Cc1cccc(Cl)c1)C(=O)COC(=O)CSc1ncnc2c1oc1ccccc12. The quantitative estimate of drug-likeness (QED) is 0.233. The smallest absolute Gasteiger partial charge is 0.316 e. The molecular formula is C22H18ClN3O4S. The summed E-state index contributed by atoms with van der Waals surface area (Å²) in [6.07, 6.45) is 1.44. The van der Waals surface area contributed by atoms with Crippen molar-refractivity contribution in [1.82, 2.24) is 14.9 Å². The van der Waals surface area contributed by atoms with Gasteiger partial charge >= 0.3 is 5.97 Å². The highest BCUT2D eigenvalue weighted by molar-refractivity contribution is 8.00. The van der Waals surface area contributed by atoms with E-state index in [0.29, 0.717) is 33.3 Å². The molecule has 0 radical (unpaired) electrons. The number of aromatic nitrogens is 2. The highest BCUT2D eigenvalue weighted by Crippen LogP contribution is 2.32. The maximum absolute atomic E-state index is 12.3. The second-order valence-electron chi connectivity index (χ2n) is 6.78. The molecule has 31 heavy (non-hydrogen) atoms. The van der Waals surface area contributed by atoms with E-state index in [1.165, 1.54) is 23.0 Å². The van der Waals surface area contributed by atoms with Gasteiger partial charge in [-0.1, -0.05) is 47.6 Å². The summed E-state index contributed by atoms with van der Waals surface area (Å²) in [5.74, 6) is -0.827. The summed E-state index contributed by atoms with van der Waals surface area (Å²) >= 11 is 7.14. The number of fused-ring (bicyclic) bond motifs is 3. The van der Waals surface area contributed by atoms with E-state index in [0.717, 1.165) is 10.9 Å². The van der Waals surface area contributed by atoms with Crippen LogP contribution in [0.2, 0.25) is 5.02 Å². The molecule has 9 heteroatoms. The van der Waals surface area contributed by atoms with Gasteiger partial charge < -0.3 is 14.1 Å². The molecule has 0 saturated heterocycles. The van der Waals surface area contributed by atoms with Gasteiger partial charge in [0.15, 0.2) is 12.2 Å². The van der Waals surface area contributed by atoms with Gasteiger partial charge in [-0.3, -0.25) is 9.59 Å². The normalized spacial score (nSPS) is 11.0. The van der Waals surface area contributed by atoms with Crippen LogP contribution in [0.4, 0.5) is 0 Å². The summed E-state index contributed by atoms with van der Waals surface area (Å²) in [4.78, 5) is 34.4. The Hall–Kier alpha value is -3.10. The van der Waals surface area contributed by atoms with E-state index >= 15 is 0 Å². The van der Waals surface area contributed by atoms with E-state index in [9.17, 15) is 9.59 Å². The molecule has 2 aromatic heterocycles. The first kappa shape index (κ1) is 21.1. The molecule has 0 aliphatic rings. The zero-order valence-corrected chi connectivity index (χ0v) is 18.2. The van der Waals surface area contributed by atoms with Crippen molar-refractivity contribution in [3.05, 3.63) is 65.4 Å². The lowest BCUT2D eigenvalue weighted by Crippen LogP contribution is -2.31. The maximum atomic E-state index is 12.3. The topological polar surface area (TPSA) is 85.5 Å². The predicted octanol–water partition coefficient (Wildman–Crippen LogP) is 4.32. The standard InChI is InChI=1S/C22H18ClN3O4S/c1-26(10-14-5-4-6-15(23)9-14)18(27)11-29-19(28)12-31-22-21-20(24-13-25-22)16-7-2-3-8-17(16)30-21/h2-9,13H,10-12H2,1H3. The molecule has 0 aliphatic heterocycles. The van der Waals surface area contributed by atoms with Gasteiger partial charge in [0.1, 0.15) is 22.5 Å². The Morgan fingerprint density at radius 2 is 2.00 bits per heavy atom. The minimum Gasteiger partial charge on any atom is -0.455 e. The molecule has 0 atom stereocenters. The molecule has 7 nitrogen and oxygen atoms in total. The van der Waals surface area contributed by atoms with Gasteiger partial charge in [0.2, 0.25) is 0 Å². The number of likely N-dealkylation sites (N-methyl/N-ethyl adjacent to an activating group) is 1. The van der Waals surface area contributed by atoms with E-state index in [4.69, 9.17) is 20.8 Å². The average molecular weight is 456 g/mol. The highest BCUT2D eigenvalue weighted by Gasteiger charge is 2.16. The summed E-state index contributed by atoms with van der Waals surface area (Å²) in [6.45, 7) is 0.0386. The summed E-state index contributed by atoms with van der Waals surface area (Å²) in [5, 5.41) is 2.03. The first-order valence-electron chi connectivity index (χ1n) is 9.40. The van der Waals surface area contributed by atoms with Crippen molar-refractivity contribution in [3.8, 4) is 0 Å². The fraction of sp³-hybridized carbons (Fsp3) is 0.182. The molecule has 2 heterocycles. The number of amides is 1. The van der Waals surface area contributed by atoms with E-state index in [1.54, 1.807) is 19.2 Å². The lowest BCUT2D eigenvalue weighted by molar-refractivity contribution is -0.149. The molecule has 0 bridgehead atoms. The number of ether oxygens (including phenoxy) is 1. The summed E-state index contributed by atoms with van der Waals surface area (Å²) in [5.41, 5.74) is 2.82. The van der Waals surface area contributed by atoms with Crippen LogP contribution in [0.3, 0.4) is 0 Å². The van der Waals surface area contributed by atoms with Crippen LogP contribution < -0.4 is 0 Å². The summed E-state index contributed by atoms with van der Waals surface area (Å²) in [7, 11) is 1.64. The Morgan fingerprint density at radius 3 is 2.84 bits per heavy atom. The number of esters is 1. The van der Waals surface area contributed by atoms with Crippen LogP contribution in [0.25, 0.3) is 22.1 Å². The van der Waals surface area contributed by atoms with Crippen LogP contribution >= 0.6 is 23.4 Å². The number of hydrogen-bond acceptors (Lipinski definition) is 7. The fourth-order valence-electron chi connectivity index (χ4n) is 3.02. The lowest BCUT2D eigenvalue weighted by atomic mass is 10.2. The van der Waals surface area contributed by atoms with Crippen molar-refractivity contribution in [2.75, 3.05) is 19.4 Å². The Labute approximate surface area is 187 Å². The average Bonchev–Trinajstić information content (AvgIpc) is 3.15. The van der Waals surface area contributed by atoms with Crippen molar-refractivity contribution in [2.24, 2.45) is 0 Å². The number of thioether (sulfide) groups is 1. The molecule has 0 N–H and O–H groups in total. The number of carbonyl (C=O) groups excluding carboxylic acids is 2. The Balaban J connectivity index is 1.32. The molecule has 1 amide bonds. The number of para-hydroxylation sites is 1. The molecular weight excluding hydrogens is 438 g/mol. The number of nitrogens with zero attached hydrogens (tertiary/aromatic N) is 3. The van der Waals surface area contributed by atoms with Crippen LogP contribution in [-0.4, -0.2) is 46.2 Å². The second-order valence-corrected chi connectivity index (χ2v) is 8.18. The molecule has 0 saturated carbocycles. The Kier molecular flexibility index (Phi) is 6.39. The minimum absolute atomic E-state index is 0.00551. The van der Waals surface area contributed by atoms with Crippen molar-refractivity contribution in [1.29, 1.82) is 0 Å². The second kappa shape index (κ2) is 9.36. The number of hydrogen-bond donors (Lipinski definition) is 0. The third-order valence-corrected chi connectivity index (χ3v) is 5.72. The Morgan fingerprint density at radius 1 is 1.16 bits per heavy atom. The maximum Gasteiger partial charge on any atom is 0.316 e. The number of benzene rings is 2. The van der Waals surface area contributed by atoms with Crippen LogP contribution in [-0.2, 0) is 20.9 Å². The van der Waals surface area contributed by atoms with Crippen molar-refractivity contribution in [2.45, 2.75) is 11.6 Å². The molecule has 0 fully saturated rings. The van der Waals surface area contributed by atoms with Crippen molar-refractivity contribution in [3.63, 3.8) is 0 Å². The van der Waals surface area contributed by atoms with Gasteiger partial charge in [0.25, 0.3) is 5.91 Å². The molecule has 0 aliphatic carbocycles. The first-order valence-corrected chi connectivity index (χ1v) is 10.8. The van der Waals surface area contributed by atoms with Crippen molar-refractivity contribution >= 4 is 57.3 Å². The van der Waals surface area contributed by atoms with Crippen molar-refractivity contribution < 1.29 is 18.7 Å². The number of halogens is 1. The van der Waals surface area contributed by atoms with Gasteiger partial charge in [0.05, 0.1) is 5.75 Å². The van der Waals surface area contributed by atoms with Gasteiger partial charge in [0, 0.05) is 24.0 Å². The summed E-state index contributed by atoms with van der Waals surface area (Å²) < 4.78 is 11.0.